The zero-order valence-corrected chi connectivity index (χ0v) is 28.1. The van der Waals surface area contributed by atoms with Crippen LogP contribution in [-0.2, 0) is 30.8 Å². The smallest absolute Gasteiger partial charge is 0.408 e. The Hall–Kier alpha value is -3.59. The molecular weight excluding hydrogens is 590 g/mol. The summed E-state index contributed by atoms with van der Waals surface area (Å²) in [6.45, 7) is 14.9. The third-order valence-corrected chi connectivity index (χ3v) is 8.51. The molecule has 14 nitrogen and oxygen atoms in total. The second-order valence-corrected chi connectivity index (χ2v) is 14.1. The molecule has 0 aromatic heterocycles. The number of amides is 3. The van der Waals surface area contributed by atoms with Crippen LogP contribution in [0.2, 0.25) is 0 Å². The lowest BCUT2D eigenvalue weighted by atomic mass is 9.94. The average molecular weight is 640 g/mol. The van der Waals surface area contributed by atoms with Crippen LogP contribution in [-0.4, -0.2) is 82.8 Å². The van der Waals surface area contributed by atoms with Crippen LogP contribution in [0.15, 0.2) is 4.90 Å². The molecule has 1 aliphatic heterocycles. The first-order valence-corrected chi connectivity index (χ1v) is 16.1. The topological polar surface area (TPSA) is 200 Å². The number of fused-ring (bicyclic) bond motifs is 1. The van der Waals surface area contributed by atoms with E-state index in [1.54, 1.807) is 41.7 Å². The number of benzene rings is 1. The molecule has 0 unspecified atom stereocenters. The Labute approximate surface area is 260 Å². The van der Waals surface area contributed by atoms with Gasteiger partial charge in [-0.3, -0.25) is 15.0 Å². The van der Waals surface area contributed by atoms with Gasteiger partial charge in [0.05, 0.1) is 4.90 Å². The summed E-state index contributed by atoms with van der Waals surface area (Å²) >= 11 is 0. The molecule has 0 radical (unpaired) electrons. The normalized spacial score (nSPS) is 14.5. The highest BCUT2D eigenvalue weighted by Gasteiger charge is 2.36. The van der Waals surface area contributed by atoms with Crippen molar-refractivity contribution in [3.8, 4) is 5.75 Å². The summed E-state index contributed by atoms with van der Waals surface area (Å²) in [6, 6.07) is -0.918. The minimum atomic E-state index is -4.09. The Morgan fingerprint density at radius 3 is 2.27 bits per heavy atom. The summed E-state index contributed by atoms with van der Waals surface area (Å²) in [5, 5.41) is 21.6. The SMILES string of the molecule is CNCCNC(=O)[C@H](CCCNC(=N)NS(=O)(=O)c1c(C)c(C)c2c(c1C)CC(C)(C)O2)NC(=O)CNC(=O)OC(C)(C)C. The molecule has 2 rings (SSSR count). The van der Waals surface area contributed by atoms with Gasteiger partial charge in [-0.25, -0.2) is 17.9 Å². The number of guanidine groups is 1. The van der Waals surface area contributed by atoms with Crippen molar-refractivity contribution < 1.29 is 32.3 Å². The molecule has 0 fully saturated rings. The number of sulfonamides is 1. The maximum Gasteiger partial charge on any atom is 0.408 e. The van der Waals surface area contributed by atoms with Gasteiger partial charge in [-0.1, -0.05) is 0 Å². The molecule has 1 aromatic rings. The Kier molecular flexibility index (Phi) is 12.4. The van der Waals surface area contributed by atoms with E-state index in [1.165, 1.54) is 0 Å². The third-order valence-electron chi connectivity index (χ3n) is 6.89. The van der Waals surface area contributed by atoms with Crippen LogP contribution in [0.1, 0.15) is 69.7 Å². The molecule has 248 valence electrons. The van der Waals surface area contributed by atoms with Crippen molar-refractivity contribution in [2.24, 2.45) is 0 Å². The summed E-state index contributed by atoms with van der Waals surface area (Å²) in [6.07, 6.45) is 0.320. The van der Waals surface area contributed by atoms with Crippen LogP contribution < -0.4 is 36.0 Å². The van der Waals surface area contributed by atoms with Gasteiger partial charge in [0.2, 0.25) is 17.8 Å². The van der Waals surface area contributed by atoms with Crippen molar-refractivity contribution in [2.75, 3.05) is 33.2 Å². The Balaban J connectivity index is 1.99. The number of hydrogen-bond donors (Lipinski definition) is 7. The van der Waals surface area contributed by atoms with Gasteiger partial charge in [-0.2, -0.15) is 0 Å². The van der Waals surface area contributed by atoms with Gasteiger partial charge in [0.1, 0.15) is 29.5 Å². The zero-order valence-electron chi connectivity index (χ0n) is 27.3. The Morgan fingerprint density at radius 1 is 1.00 bits per heavy atom. The van der Waals surface area contributed by atoms with E-state index in [0.717, 1.165) is 16.9 Å². The Bertz CT molecular complexity index is 1350. The van der Waals surface area contributed by atoms with Crippen molar-refractivity contribution in [3.05, 3.63) is 22.3 Å². The van der Waals surface area contributed by atoms with Gasteiger partial charge in [0.25, 0.3) is 10.0 Å². The van der Waals surface area contributed by atoms with Crippen molar-refractivity contribution in [1.82, 2.24) is 31.3 Å². The highest BCUT2D eigenvalue weighted by atomic mass is 32.2. The van der Waals surface area contributed by atoms with Crippen LogP contribution in [0.4, 0.5) is 4.79 Å². The predicted octanol–water partition coefficient (Wildman–Crippen LogP) is 1.25. The molecule has 0 saturated heterocycles. The second kappa shape index (κ2) is 14.9. The molecule has 44 heavy (non-hydrogen) atoms. The van der Waals surface area contributed by atoms with E-state index in [-0.39, 0.29) is 24.4 Å². The summed E-state index contributed by atoms with van der Waals surface area (Å²) in [7, 11) is -2.35. The summed E-state index contributed by atoms with van der Waals surface area (Å²) in [4.78, 5) is 37.2. The Morgan fingerprint density at radius 2 is 1.66 bits per heavy atom. The van der Waals surface area contributed by atoms with E-state index in [4.69, 9.17) is 14.9 Å². The number of rotatable bonds is 13. The summed E-state index contributed by atoms with van der Waals surface area (Å²) in [5.74, 6) is -0.692. The molecule has 0 spiro atoms. The number of hydrogen-bond acceptors (Lipinski definition) is 9. The molecule has 1 heterocycles. The van der Waals surface area contributed by atoms with Crippen molar-refractivity contribution in [1.29, 1.82) is 5.41 Å². The highest BCUT2D eigenvalue weighted by molar-refractivity contribution is 7.90. The van der Waals surface area contributed by atoms with Crippen LogP contribution in [0.3, 0.4) is 0 Å². The zero-order chi connectivity index (χ0) is 33.5. The maximum absolute atomic E-state index is 13.4. The number of ether oxygens (including phenoxy) is 2. The van der Waals surface area contributed by atoms with E-state index >= 15 is 0 Å². The largest absolute Gasteiger partial charge is 0.487 e. The molecule has 0 bridgehead atoms. The molecule has 1 aliphatic rings. The fourth-order valence-electron chi connectivity index (χ4n) is 4.80. The van der Waals surface area contributed by atoms with E-state index < -0.39 is 51.1 Å². The molecule has 15 heteroatoms. The predicted molar refractivity (Wildman–Crippen MR) is 167 cm³/mol. The lowest BCUT2D eigenvalue weighted by Gasteiger charge is -2.21. The minimum Gasteiger partial charge on any atom is -0.487 e. The number of alkyl carbamates (subject to hydrolysis) is 1. The number of likely N-dealkylation sites (N-methyl/N-ethyl adjacent to an activating group) is 1. The quantitative estimate of drug-likeness (QED) is 0.0943. The maximum atomic E-state index is 13.4. The van der Waals surface area contributed by atoms with Crippen LogP contribution in [0.25, 0.3) is 0 Å². The van der Waals surface area contributed by atoms with Gasteiger partial charge in [-0.05, 0) is 92.0 Å². The van der Waals surface area contributed by atoms with E-state index in [2.05, 4.69) is 31.3 Å². The first kappa shape index (κ1) is 36.6. The average Bonchev–Trinajstić information content (AvgIpc) is 3.22. The van der Waals surface area contributed by atoms with Gasteiger partial charge in [0, 0.05) is 31.6 Å². The van der Waals surface area contributed by atoms with Gasteiger partial charge < -0.3 is 36.1 Å². The van der Waals surface area contributed by atoms with E-state index in [1.807, 2.05) is 20.8 Å². The van der Waals surface area contributed by atoms with E-state index in [9.17, 15) is 22.8 Å². The lowest BCUT2D eigenvalue weighted by Crippen LogP contribution is -2.50. The van der Waals surface area contributed by atoms with Crippen molar-refractivity contribution >= 4 is 33.9 Å². The van der Waals surface area contributed by atoms with Gasteiger partial charge >= 0.3 is 6.09 Å². The van der Waals surface area contributed by atoms with Gasteiger partial charge in [-0.15, -0.1) is 0 Å². The molecule has 1 atom stereocenters. The number of carbonyl (C=O) groups is 3. The fraction of sp³-hybridized carbons (Fsp3) is 0.655. The third kappa shape index (κ3) is 10.5. The standard InChI is InChI=1S/C29H49N7O7S/c1-17-18(2)24(19(3)20-15-29(7,8)42-23(17)20)44(40,41)36-26(30)33-12-10-11-21(25(38)32-14-13-31-9)35-22(37)16-34-27(39)43-28(4,5)6/h21,31H,10-16H2,1-9H3,(H,32,38)(H,34,39)(H,35,37)(H3,30,33,36)/t21-/m0/s1. The molecule has 0 aliphatic carbocycles. The second-order valence-electron chi connectivity index (χ2n) is 12.5. The van der Waals surface area contributed by atoms with Crippen molar-refractivity contribution in [2.45, 2.75) is 96.8 Å². The van der Waals surface area contributed by atoms with Crippen LogP contribution >= 0.6 is 0 Å². The van der Waals surface area contributed by atoms with E-state index in [0.29, 0.717) is 37.1 Å². The highest BCUT2D eigenvalue weighted by Crippen LogP contribution is 2.43. The molecule has 7 N–H and O–H groups in total. The summed E-state index contributed by atoms with van der Waals surface area (Å²) in [5.41, 5.74) is 1.58. The molecule has 1 aromatic carbocycles. The van der Waals surface area contributed by atoms with Crippen LogP contribution in [0, 0.1) is 26.2 Å². The molecule has 3 amide bonds. The molecular formula is C29H49N7O7S. The minimum absolute atomic E-state index is 0.127. The van der Waals surface area contributed by atoms with Gasteiger partial charge in [0.15, 0.2) is 0 Å². The first-order valence-electron chi connectivity index (χ1n) is 14.6. The fourth-order valence-corrected chi connectivity index (χ4v) is 6.33. The lowest BCUT2D eigenvalue weighted by molar-refractivity contribution is -0.128. The number of nitrogens with one attached hydrogen (secondary N) is 7. The monoisotopic (exact) mass is 639 g/mol. The number of carbonyl (C=O) groups excluding carboxylic acids is 3. The first-order chi connectivity index (χ1) is 20.3. The van der Waals surface area contributed by atoms with Crippen molar-refractivity contribution in [3.63, 3.8) is 0 Å². The molecule has 0 saturated carbocycles. The summed E-state index contributed by atoms with van der Waals surface area (Å²) < 4.78 is 40.3. The van der Waals surface area contributed by atoms with Crippen LogP contribution in [0.5, 0.6) is 5.75 Å².